The number of amides is 1. The largest absolute Gasteiger partial charge is 0.483 e. The molecule has 0 spiro atoms. The van der Waals surface area contributed by atoms with Gasteiger partial charge in [0.25, 0.3) is 5.91 Å². The molecule has 0 saturated heterocycles. The summed E-state index contributed by atoms with van der Waals surface area (Å²) in [6.07, 6.45) is 0. The summed E-state index contributed by atoms with van der Waals surface area (Å²) in [5.41, 5.74) is 0.576. The van der Waals surface area contributed by atoms with Crippen molar-refractivity contribution < 1.29 is 23.8 Å². The van der Waals surface area contributed by atoms with E-state index in [0.717, 1.165) is 0 Å². The molecule has 0 saturated carbocycles. The van der Waals surface area contributed by atoms with Crippen molar-refractivity contribution in [3.63, 3.8) is 0 Å². The summed E-state index contributed by atoms with van der Waals surface area (Å²) < 4.78 is 10.3. The molecule has 8 heteroatoms. The van der Waals surface area contributed by atoms with E-state index in [4.69, 9.17) is 14.3 Å². The Balaban J connectivity index is 1.98. The molecule has 0 bridgehead atoms. The number of hydrogen-bond acceptors (Lipinski definition) is 6. The van der Waals surface area contributed by atoms with Gasteiger partial charge in [-0.1, -0.05) is 11.2 Å². The molecule has 0 radical (unpaired) electrons. The van der Waals surface area contributed by atoms with E-state index >= 15 is 0 Å². The summed E-state index contributed by atoms with van der Waals surface area (Å²) >= 11 is 0. The summed E-state index contributed by atoms with van der Waals surface area (Å²) in [6.45, 7) is 2.91. The molecule has 2 aromatic rings. The maximum atomic E-state index is 11.6. The fourth-order valence-corrected chi connectivity index (χ4v) is 1.65. The van der Waals surface area contributed by atoms with Crippen LogP contribution in [0, 0.1) is 13.8 Å². The smallest absolute Gasteiger partial charge is 0.336 e. The third kappa shape index (κ3) is 3.56. The highest BCUT2D eigenvalue weighted by atomic mass is 16.5. The zero-order valence-corrected chi connectivity index (χ0v) is 11.4. The van der Waals surface area contributed by atoms with Crippen LogP contribution in [0.25, 0.3) is 0 Å². The molecule has 0 aliphatic rings. The van der Waals surface area contributed by atoms with Crippen molar-refractivity contribution in [1.29, 1.82) is 0 Å². The van der Waals surface area contributed by atoms with E-state index in [9.17, 15) is 9.59 Å². The molecule has 0 fully saturated rings. The second-order valence-electron chi connectivity index (χ2n) is 4.20. The van der Waals surface area contributed by atoms with Crippen LogP contribution in [0.15, 0.2) is 22.6 Å². The predicted molar refractivity (Wildman–Crippen MR) is 71.3 cm³/mol. The maximum absolute atomic E-state index is 11.6. The lowest BCUT2D eigenvalue weighted by Gasteiger charge is -2.10. The second kappa shape index (κ2) is 6.04. The van der Waals surface area contributed by atoms with Crippen LogP contribution >= 0.6 is 0 Å². The first-order valence-corrected chi connectivity index (χ1v) is 6.03. The van der Waals surface area contributed by atoms with E-state index in [1.807, 2.05) is 0 Å². The second-order valence-corrected chi connectivity index (χ2v) is 4.20. The van der Waals surface area contributed by atoms with Crippen molar-refractivity contribution >= 4 is 17.9 Å². The van der Waals surface area contributed by atoms with E-state index < -0.39 is 11.9 Å². The fraction of sp³-hybridized carbons (Fsp3) is 0.231. The third-order valence-corrected chi connectivity index (χ3v) is 2.65. The lowest BCUT2D eigenvalue weighted by molar-refractivity contribution is -0.118. The van der Waals surface area contributed by atoms with Crippen molar-refractivity contribution in [1.82, 2.24) is 10.2 Å². The van der Waals surface area contributed by atoms with Crippen molar-refractivity contribution in [3.05, 3.63) is 35.2 Å². The summed E-state index contributed by atoms with van der Waals surface area (Å²) in [5.74, 6) is -0.884. The number of carboxylic acid groups (broad SMARTS) is 1. The summed E-state index contributed by atoms with van der Waals surface area (Å²) in [5, 5.41) is 18.6. The minimum Gasteiger partial charge on any atom is -0.483 e. The highest BCUT2D eigenvalue weighted by Gasteiger charge is 2.13. The van der Waals surface area contributed by atoms with Gasteiger partial charge in [0.2, 0.25) is 5.89 Å². The number of rotatable bonds is 5. The zero-order valence-electron chi connectivity index (χ0n) is 11.4. The van der Waals surface area contributed by atoms with E-state index in [1.54, 1.807) is 26.0 Å². The van der Waals surface area contributed by atoms with Crippen LogP contribution < -0.4 is 10.1 Å². The minimum absolute atomic E-state index is 0.0166. The average Bonchev–Trinajstić information content (AvgIpc) is 2.82. The number of benzene rings is 1. The van der Waals surface area contributed by atoms with Crippen LogP contribution in [0.2, 0.25) is 0 Å². The van der Waals surface area contributed by atoms with Gasteiger partial charge >= 0.3 is 12.0 Å². The number of carbonyl (C=O) groups excluding carboxylic acids is 1. The first-order chi connectivity index (χ1) is 9.97. The van der Waals surface area contributed by atoms with Gasteiger partial charge in [-0.05, 0) is 19.1 Å². The topological polar surface area (TPSA) is 115 Å². The number of aromatic carboxylic acids is 1. The van der Waals surface area contributed by atoms with Gasteiger partial charge < -0.3 is 14.3 Å². The van der Waals surface area contributed by atoms with Crippen LogP contribution in [-0.4, -0.2) is 33.8 Å². The highest BCUT2D eigenvalue weighted by Crippen LogP contribution is 2.21. The quantitative estimate of drug-likeness (QED) is 0.855. The summed E-state index contributed by atoms with van der Waals surface area (Å²) in [7, 11) is 0. The lowest BCUT2D eigenvalue weighted by Crippen LogP contribution is -2.20. The molecule has 21 heavy (non-hydrogen) atoms. The van der Waals surface area contributed by atoms with E-state index in [-0.39, 0.29) is 18.2 Å². The van der Waals surface area contributed by atoms with Gasteiger partial charge in [0.15, 0.2) is 6.61 Å². The van der Waals surface area contributed by atoms with E-state index in [0.29, 0.717) is 17.2 Å². The standard InChI is InChI=1S/C13H13N3O5/c1-7-9(12(18)19)4-3-5-10(7)20-6-11(17)14-13-16-15-8(2)21-13/h3-5H,6H2,1-2H3,(H,18,19)(H,14,16,17). The summed E-state index contributed by atoms with van der Waals surface area (Å²) in [4.78, 5) is 22.6. The number of aryl methyl sites for hydroxylation is 1. The number of aromatic nitrogens is 2. The number of nitrogens with one attached hydrogen (secondary N) is 1. The van der Waals surface area contributed by atoms with Crippen molar-refractivity contribution in [2.45, 2.75) is 13.8 Å². The zero-order chi connectivity index (χ0) is 15.4. The Kier molecular flexibility index (Phi) is 4.17. The van der Waals surface area contributed by atoms with Crippen LogP contribution in [0.4, 0.5) is 6.01 Å². The van der Waals surface area contributed by atoms with Gasteiger partial charge in [0, 0.05) is 12.5 Å². The van der Waals surface area contributed by atoms with Crippen LogP contribution in [0.3, 0.4) is 0 Å². The molecular weight excluding hydrogens is 278 g/mol. The van der Waals surface area contributed by atoms with Gasteiger partial charge in [0.1, 0.15) is 5.75 Å². The Morgan fingerprint density at radius 3 is 2.71 bits per heavy atom. The van der Waals surface area contributed by atoms with E-state index in [1.165, 1.54) is 6.07 Å². The molecule has 1 amide bonds. The van der Waals surface area contributed by atoms with Crippen LogP contribution in [0.1, 0.15) is 21.8 Å². The van der Waals surface area contributed by atoms with Crippen LogP contribution in [-0.2, 0) is 4.79 Å². The predicted octanol–water partition coefficient (Wildman–Crippen LogP) is 1.40. The number of nitrogens with zero attached hydrogens (tertiary/aromatic N) is 2. The average molecular weight is 291 g/mol. The molecule has 1 aromatic carbocycles. The number of carbonyl (C=O) groups is 2. The fourth-order valence-electron chi connectivity index (χ4n) is 1.65. The Morgan fingerprint density at radius 2 is 2.10 bits per heavy atom. The molecule has 110 valence electrons. The molecule has 8 nitrogen and oxygen atoms in total. The normalized spacial score (nSPS) is 10.2. The van der Waals surface area contributed by atoms with Crippen LogP contribution in [0.5, 0.6) is 5.75 Å². The van der Waals surface area contributed by atoms with Gasteiger partial charge in [-0.25, -0.2) is 4.79 Å². The molecular formula is C13H13N3O5. The molecule has 0 unspecified atom stereocenters. The highest BCUT2D eigenvalue weighted by molar-refractivity contribution is 5.91. The van der Waals surface area contributed by atoms with Gasteiger partial charge in [-0.2, -0.15) is 0 Å². The van der Waals surface area contributed by atoms with Gasteiger partial charge in [-0.15, -0.1) is 5.10 Å². The van der Waals surface area contributed by atoms with Gasteiger partial charge in [0.05, 0.1) is 5.56 Å². The third-order valence-electron chi connectivity index (χ3n) is 2.65. The van der Waals surface area contributed by atoms with E-state index in [2.05, 4.69) is 15.5 Å². The minimum atomic E-state index is -1.05. The lowest BCUT2D eigenvalue weighted by atomic mass is 10.1. The Morgan fingerprint density at radius 1 is 1.33 bits per heavy atom. The molecule has 0 aliphatic carbocycles. The molecule has 0 aliphatic heterocycles. The Hall–Kier alpha value is -2.90. The molecule has 0 atom stereocenters. The first-order valence-electron chi connectivity index (χ1n) is 6.03. The van der Waals surface area contributed by atoms with Crippen molar-refractivity contribution in [3.8, 4) is 5.75 Å². The number of ether oxygens (including phenoxy) is 1. The number of anilines is 1. The van der Waals surface area contributed by atoms with Crippen molar-refractivity contribution in [2.75, 3.05) is 11.9 Å². The Labute approximate surface area is 119 Å². The molecule has 2 N–H and O–H groups in total. The van der Waals surface area contributed by atoms with Gasteiger partial charge in [-0.3, -0.25) is 10.1 Å². The monoisotopic (exact) mass is 291 g/mol. The van der Waals surface area contributed by atoms with Crippen molar-refractivity contribution in [2.24, 2.45) is 0 Å². The molecule has 1 aromatic heterocycles. The SMILES string of the molecule is Cc1nnc(NC(=O)COc2cccc(C(=O)O)c2C)o1. The number of carboxylic acids is 1. The number of hydrogen-bond donors (Lipinski definition) is 2. The molecule has 1 heterocycles. The Bertz CT molecular complexity index is 680. The molecule has 2 rings (SSSR count). The first kappa shape index (κ1) is 14.5. The maximum Gasteiger partial charge on any atom is 0.336 e. The summed E-state index contributed by atoms with van der Waals surface area (Å²) in [6, 6.07) is 4.58.